The van der Waals surface area contributed by atoms with Gasteiger partial charge in [0.2, 0.25) is 5.91 Å². The molecule has 18 nitrogen and oxygen atoms in total. The summed E-state index contributed by atoms with van der Waals surface area (Å²) < 4.78 is 49.8. The highest BCUT2D eigenvalue weighted by molar-refractivity contribution is 6.21. The predicted molar refractivity (Wildman–Crippen MR) is 269 cm³/mol. The summed E-state index contributed by atoms with van der Waals surface area (Å²) in [6.07, 6.45) is 4.87. The van der Waals surface area contributed by atoms with E-state index in [1.54, 1.807) is 29.2 Å². The number of esters is 1. The quantitative estimate of drug-likeness (QED) is 0.0604. The number of aromatic nitrogens is 6. The van der Waals surface area contributed by atoms with Crippen LogP contribution in [0.1, 0.15) is 45.5 Å². The Bertz CT molecular complexity index is 3480. The third kappa shape index (κ3) is 9.45. The lowest BCUT2D eigenvalue weighted by atomic mass is 10.0. The van der Waals surface area contributed by atoms with Crippen LogP contribution in [0, 0.1) is 11.6 Å². The number of aryl methyl sites for hydroxylation is 1. The molecule has 2 saturated heterocycles. The summed E-state index contributed by atoms with van der Waals surface area (Å²) in [5.74, 6) is -2.51. The van der Waals surface area contributed by atoms with Gasteiger partial charge in [0.25, 0.3) is 11.8 Å². The largest absolute Gasteiger partial charge is 0.488 e. The molecule has 3 atom stereocenters. The van der Waals surface area contributed by atoms with Crippen molar-refractivity contribution in [3.05, 3.63) is 162 Å². The van der Waals surface area contributed by atoms with Crippen molar-refractivity contribution in [3.63, 3.8) is 0 Å². The van der Waals surface area contributed by atoms with Gasteiger partial charge in [0.15, 0.2) is 11.5 Å². The van der Waals surface area contributed by atoms with E-state index in [0.717, 1.165) is 39.7 Å². The minimum Gasteiger partial charge on any atom is -0.488 e. The van der Waals surface area contributed by atoms with E-state index in [2.05, 4.69) is 15.1 Å². The highest BCUT2D eigenvalue weighted by atomic mass is 19.1. The fraction of sp³-hybridized carbons (Fsp3) is 0.255. The number of hydrogen-bond acceptors (Lipinski definition) is 13. The molecular weight excluding hydrogens is 967 g/mol. The normalized spacial score (nSPS) is 17.5. The lowest BCUT2D eigenvalue weighted by Gasteiger charge is -2.41. The maximum Gasteiger partial charge on any atom is 0.410 e. The number of ether oxygens (including phenoxy) is 3. The van der Waals surface area contributed by atoms with Gasteiger partial charge in [-0.25, -0.2) is 33.0 Å². The fourth-order valence-corrected chi connectivity index (χ4v) is 10.2. The standard InChI is InChI=1S/C55H48F2N10O8/c1-73-54(71)48-31-62(55(72)74-32-34-11-3-2-4-12-34)23-24-64(48)53(70)47-27-38(29-66(47)49-42-28-60-67(50(42)59-33-58-49)46-20-19-36(56)26-44(46)57)75-37-14-9-13-35(25-37)39-17-10-18-45-43(39)30-63(61-45)21-7-8-22-65-51(68)40-15-5-6-16-41(40)52(65)69/h2-6,9-20,25-26,28,30,33,38,47-48H,7-8,21-24,27,29,31-32H2,1H3/t38-,47-,48-/m0/s1. The smallest absolute Gasteiger partial charge is 0.410 e. The van der Waals surface area contributed by atoms with Gasteiger partial charge in [-0.15, -0.1) is 0 Å². The minimum atomic E-state index is -1.18. The zero-order valence-corrected chi connectivity index (χ0v) is 40.5. The maximum atomic E-state index is 15.2. The molecule has 0 saturated carbocycles. The maximum absolute atomic E-state index is 15.2. The molecule has 20 heteroatoms. The van der Waals surface area contributed by atoms with E-state index in [9.17, 15) is 23.6 Å². The van der Waals surface area contributed by atoms with Gasteiger partial charge in [0.05, 0.1) is 48.4 Å². The van der Waals surface area contributed by atoms with Crippen molar-refractivity contribution in [1.82, 2.24) is 44.2 Å². The molecule has 4 amide bonds. The summed E-state index contributed by atoms with van der Waals surface area (Å²) >= 11 is 0. The van der Waals surface area contributed by atoms with Gasteiger partial charge in [-0.2, -0.15) is 10.2 Å². The second-order valence-electron chi connectivity index (χ2n) is 18.5. The number of halogens is 2. The summed E-state index contributed by atoms with van der Waals surface area (Å²) in [5, 5.41) is 10.5. The van der Waals surface area contributed by atoms with Crippen LogP contribution in [0.2, 0.25) is 0 Å². The number of carbonyl (C=O) groups is 5. The van der Waals surface area contributed by atoms with Crippen molar-refractivity contribution in [3.8, 4) is 22.6 Å². The first-order valence-electron chi connectivity index (χ1n) is 24.5. The molecular formula is C55H48F2N10O8. The third-order valence-electron chi connectivity index (χ3n) is 13.8. The van der Waals surface area contributed by atoms with E-state index in [0.29, 0.717) is 48.2 Å². The summed E-state index contributed by atoms with van der Waals surface area (Å²) in [4.78, 5) is 82.6. The Hall–Kier alpha value is -9.07. The van der Waals surface area contributed by atoms with Gasteiger partial charge < -0.3 is 28.9 Å². The first-order chi connectivity index (χ1) is 36.5. The van der Waals surface area contributed by atoms with Crippen LogP contribution in [0.4, 0.5) is 19.4 Å². The molecule has 75 heavy (non-hydrogen) atoms. The zero-order chi connectivity index (χ0) is 51.7. The zero-order valence-electron chi connectivity index (χ0n) is 40.5. The van der Waals surface area contributed by atoms with E-state index < -0.39 is 47.8 Å². The molecule has 2 fully saturated rings. The molecule has 0 N–H and O–H groups in total. The minimum absolute atomic E-state index is 0.0179. The molecule has 380 valence electrons. The fourth-order valence-electron chi connectivity index (χ4n) is 10.2. The summed E-state index contributed by atoms with van der Waals surface area (Å²) in [7, 11) is 1.22. The van der Waals surface area contributed by atoms with Gasteiger partial charge in [0.1, 0.15) is 54.2 Å². The Labute approximate surface area is 427 Å². The van der Waals surface area contributed by atoms with Gasteiger partial charge in [-0.1, -0.05) is 66.7 Å². The summed E-state index contributed by atoms with van der Waals surface area (Å²) in [6, 6.07) is 30.5. The average Bonchev–Trinajstić information content (AvgIpc) is 4.23. The topological polar surface area (TPSA) is 187 Å². The number of hydrogen-bond donors (Lipinski definition) is 0. The molecule has 3 aliphatic rings. The van der Waals surface area contributed by atoms with Crippen LogP contribution in [0.3, 0.4) is 0 Å². The number of amides is 4. The van der Waals surface area contributed by atoms with Gasteiger partial charge in [-0.05, 0) is 72.0 Å². The number of unbranched alkanes of at least 4 members (excludes halogenated alkanes) is 1. The average molecular weight is 1020 g/mol. The van der Waals surface area contributed by atoms with Crippen molar-refractivity contribution in [1.29, 1.82) is 0 Å². The molecule has 0 radical (unpaired) electrons. The lowest BCUT2D eigenvalue weighted by Crippen LogP contribution is -2.62. The number of piperazine rings is 1. The van der Waals surface area contributed by atoms with E-state index in [1.165, 1.54) is 45.1 Å². The predicted octanol–water partition coefficient (Wildman–Crippen LogP) is 7.24. The number of fused-ring (bicyclic) bond motifs is 3. The van der Waals surface area contributed by atoms with Crippen LogP contribution < -0.4 is 9.64 Å². The molecule has 0 unspecified atom stereocenters. The Balaban J connectivity index is 0.836. The molecule has 3 aliphatic heterocycles. The Morgan fingerprint density at radius 2 is 1.52 bits per heavy atom. The summed E-state index contributed by atoms with van der Waals surface area (Å²) in [6.45, 7) is 0.911. The molecule has 3 aromatic heterocycles. The summed E-state index contributed by atoms with van der Waals surface area (Å²) in [5.41, 5.74) is 4.34. The van der Waals surface area contributed by atoms with Crippen LogP contribution >= 0.6 is 0 Å². The highest BCUT2D eigenvalue weighted by Gasteiger charge is 2.46. The van der Waals surface area contributed by atoms with Gasteiger partial charge in [-0.3, -0.25) is 24.0 Å². The Morgan fingerprint density at radius 3 is 2.31 bits per heavy atom. The van der Waals surface area contributed by atoms with Crippen molar-refractivity contribution < 1.29 is 47.0 Å². The third-order valence-corrected chi connectivity index (χ3v) is 13.8. The molecule has 6 heterocycles. The van der Waals surface area contributed by atoms with Crippen molar-refractivity contribution in [2.75, 3.05) is 44.7 Å². The Morgan fingerprint density at radius 1 is 0.760 bits per heavy atom. The molecule has 8 aromatic rings. The lowest BCUT2D eigenvalue weighted by molar-refractivity contribution is -0.156. The highest BCUT2D eigenvalue weighted by Crippen LogP contribution is 2.36. The van der Waals surface area contributed by atoms with Crippen LogP contribution in [0.5, 0.6) is 5.75 Å². The molecule has 11 rings (SSSR count). The second kappa shape index (κ2) is 20.4. The van der Waals surface area contributed by atoms with E-state index in [-0.39, 0.29) is 68.2 Å². The van der Waals surface area contributed by atoms with Gasteiger partial charge in [0, 0.05) is 50.2 Å². The van der Waals surface area contributed by atoms with Gasteiger partial charge >= 0.3 is 12.1 Å². The van der Waals surface area contributed by atoms with Crippen LogP contribution in [-0.2, 0) is 32.2 Å². The second-order valence-corrected chi connectivity index (χ2v) is 18.5. The Kier molecular flexibility index (Phi) is 13.1. The number of carbonyl (C=O) groups excluding carboxylic acids is 5. The monoisotopic (exact) mass is 1010 g/mol. The molecule has 0 bridgehead atoms. The van der Waals surface area contributed by atoms with Crippen LogP contribution in [0.15, 0.2) is 134 Å². The van der Waals surface area contributed by atoms with E-state index in [4.69, 9.17) is 19.3 Å². The van der Waals surface area contributed by atoms with Crippen molar-refractivity contribution in [2.24, 2.45) is 0 Å². The first kappa shape index (κ1) is 48.2. The van der Waals surface area contributed by atoms with Crippen LogP contribution in [-0.4, -0.2) is 132 Å². The number of benzene rings is 5. The number of methoxy groups -OCH3 is 1. The SMILES string of the molecule is COC(=O)[C@@H]1CN(C(=O)OCc2ccccc2)CCN1C(=O)[C@@H]1C[C@H](Oc2cccc(-c3cccc4nn(CCCCN5C(=O)c6ccccc6C5=O)cc34)c2)CN1c1ncnc2c1cnn2-c1ccc(F)cc1F. The van der Waals surface area contributed by atoms with E-state index in [1.807, 2.05) is 83.7 Å². The van der Waals surface area contributed by atoms with Crippen molar-refractivity contribution in [2.45, 2.75) is 50.6 Å². The van der Waals surface area contributed by atoms with Crippen LogP contribution in [0.25, 0.3) is 38.8 Å². The number of nitrogens with zero attached hydrogens (tertiary/aromatic N) is 10. The van der Waals surface area contributed by atoms with Crippen molar-refractivity contribution >= 4 is 57.5 Å². The first-order valence-corrected chi connectivity index (χ1v) is 24.5. The molecule has 0 spiro atoms. The van der Waals surface area contributed by atoms with E-state index >= 15 is 9.18 Å². The number of anilines is 1. The number of imide groups is 1. The molecule has 5 aromatic carbocycles. The molecule has 0 aliphatic carbocycles. The number of rotatable bonds is 14.